The van der Waals surface area contributed by atoms with Gasteiger partial charge in [0, 0.05) is 6.42 Å². The van der Waals surface area contributed by atoms with Gasteiger partial charge in [0.1, 0.15) is 0 Å². The molecule has 0 saturated heterocycles. The van der Waals surface area contributed by atoms with E-state index < -0.39 is 5.97 Å². The van der Waals surface area contributed by atoms with Gasteiger partial charge in [-0.3, -0.25) is 4.79 Å². The first-order valence-electron chi connectivity index (χ1n) is 11.2. The summed E-state index contributed by atoms with van der Waals surface area (Å²) in [6.45, 7) is 2.97. The number of carboxylic acids is 1. The number of aliphatic carboxylic acids is 1. The maximum Gasteiger partial charge on any atom is 0.303 e. The van der Waals surface area contributed by atoms with Gasteiger partial charge >= 0.3 is 5.97 Å². The first-order chi connectivity index (χ1) is 13.2. The van der Waals surface area contributed by atoms with Gasteiger partial charge in [0.05, 0.1) is 26.4 Å². The smallest absolute Gasteiger partial charge is 0.303 e. The van der Waals surface area contributed by atoms with Crippen molar-refractivity contribution in [3.63, 3.8) is 0 Å². The molecule has 0 saturated carbocycles. The van der Waals surface area contributed by atoms with Gasteiger partial charge in [-0.25, -0.2) is 0 Å². The van der Waals surface area contributed by atoms with Crippen LogP contribution in [0.5, 0.6) is 0 Å². The van der Waals surface area contributed by atoms with Gasteiger partial charge in [-0.15, -0.1) is 0 Å². The van der Waals surface area contributed by atoms with Crippen LogP contribution in [0.4, 0.5) is 0 Å². The van der Waals surface area contributed by atoms with Crippen LogP contribution in [0.3, 0.4) is 0 Å². The number of hydrogen-bond acceptors (Lipinski definition) is 4. The van der Waals surface area contributed by atoms with Crippen LogP contribution in [0.2, 0.25) is 0 Å². The summed E-state index contributed by atoms with van der Waals surface area (Å²) in [5.41, 5.74) is 0. The van der Waals surface area contributed by atoms with Crippen LogP contribution in [-0.2, 0) is 9.53 Å². The number of rotatable bonds is 20. The highest BCUT2D eigenvalue weighted by molar-refractivity contribution is 5.66. The van der Waals surface area contributed by atoms with E-state index in [4.69, 9.17) is 15.3 Å². The molecule has 0 aliphatic carbocycles. The molecule has 0 aliphatic rings. The number of hydrogen-bond donors (Lipinski definition) is 3. The number of carbonyl (C=O) groups is 1. The summed E-state index contributed by atoms with van der Waals surface area (Å²) in [5.74, 6) is -0.653. The molecule has 5 heteroatoms. The minimum absolute atomic E-state index is 0.0278. The second kappa shape index (κ2) is 27.6. The third-order valence-corrected chi connectivity index (χ3v) is 4.47. The van der Waals surface area contributed by atoms with Gasteiger partial charge in [-0.1, -0.05) is 96.8 Å². The molecule has 0 fully saturated rings. The third-order valence-electron chi connectivity index (χ3n) is 4.47. The Morgan fingerprint density at radius 3 is 1.26 bits per heavy atom. The van der Waals surface area contributed by atoms with Crippen molar-refractivity contribution in [3.8, 4) is 0 Å². The van der Waals surface area contributed by atoms with Crippen molar-refractivity contribution in [2.75, 3.05) is 26.4 Å². The molecule has 0 aliphatic heterocycles. The number of unbranched alkanes of at least 4 members (excludes halogenated alkanes) is 14. The molecule has 0 spiro atoms. The highest BCUT2D eigenvalue weighted by Crippen LogP contribution is 2.13. The standard InChI is InChI=1S/C18H36O2.C4H10O3/c1-2-3-4-5-6-7-8-9-10-11-12-13-14-15-16-17-18(19)20;5-1-3-7-4-2-6/h2-17H2,1H3,(H,19,20);5-6H,1-4H2. The monoisotopic (exact) mass is 390 g/mol. The molecular weight excluding hydrogens is 344 g/mol. The van der Waals surface area contributed by atoms with Crippen molar-refractivity contribution >= 4 is 5.97 Å². The highest BCUT2D eigenvalue weighted by atomic mass is 16.5. The molecule has 0 bridgehead atoms. The average Bonchev–Trinajstić information content (AvgIpc) is 2.65. The van der Waals surface area contributed by atoms with Crippen molar-refractivity contribution < 1.29 is 24.9 Å². The summed E-state index contributed by atoms with van der Waals surface area (Å²) >= 11 is 0. The predicted octanol–water partition coefficient (Wildman–Crippen LogP) is 5.32. The van der Waals surface area contributed by atoms with Crippen molar-refractivity contribution in [1.29, 1.82) is 0 Å². The quantitative estimate of drug-likeness (QED) is 0.245. The van der Waals surface area contributed by atoms with Gasteiger partial charge in [-0.05, 0) is 6.42 Å². The van der Waals surface area contributed by atoms with E-state index in [1.54, 1.807) is 0 Å². The minimum Gasteiger partial charge on any atom is -0.481 e. The SMILES string of the molecule is CCCCCCCCCCCCCCCCCC(=O)O.OCCOCCO. The lowest BCUT2D eigenvalue weighted by molar-refractivity contribution is -0.137. The number of aliphatic hydroxyl groups is 2. The summed E-state index contributed by atoms with van der Waals surface area (Å²) in [7, 11) is 0. The van der Waals surface area contributed by atoms with Crippen LogP contribution in [0, 0.1) is 0 Å². The molecule has 0 aromatic rings. The molecular formula is C22H46O5. The molecule has 3 N–H and O–H groups in total. The Morgan fingerprint density at radius 2 is 0.963 bits per heavy atom. The first-order valence-corrected chi connectivity index (χ1v) is 11.2. The Bertz CT molecular complexity index is 267. The van der Waals surface area contributed by atoms with Crippen molar-refractivity contribution in [1.82, 2.24) is 0 Å². The largest absolute Gasteiger partial charge is 0.481 e. The van der Waals surface area contributed by atoms with E-state index in [2.05, 4.69) is 11.7 Å². The van der Waals surface area contributed by atoms with Crippen LogP contribution < -0.4 is 0 Å². The van der Waals surface area contributed by atoms with E-state index >= 15 is 0 Å². The molecule has 0 radical (unpaired) electrons. The zero-order chi connectivity index (χ0) is 20.4. The lowest BCUT2D eigenvalue weighted by Gasteiger charge is -2.03. The zero-order valence-corrected chi connectivity index (χ0v) is 17.8. The van der Waals surface area contributed by atoms with Gasteiger partial charge in [0.2, 0.25) is 0 Å². The Balaban J connectivity index is 0. The van der Waals surface area contributed by atoms with Gasteiger partial charge in [0.25, 0.3) is 0 Å². The van der Waals surface area contributed by atoms with E-state index in [-0.39, 0.29) is 13.2 Å². The molecule has 5 nitrogen and oxygen atoms in total. The van der Waals surface area contributed by atoms with E-state index in [0.29, 0.717) is 19.6 Å². The van der Waals surface area contributed by atoms with Gasteiger partial charge in [-0.2, -0.15) is 0 Å². The molecule has 0 unspecified atom stereocenters. The van der Waals surface area contributed by atoms with Crippen LogP contribution in [0.15, 0.2) is 0 Å². The number of carboxylic acid groups (broad SMARTS) is 1. The maximum absolute atomic E-state index is 10.3. The lowest BCUT2D eigenvalue weighted by atomic mass is 10.0. The number of ether oxygens (including phenoxy) is 1. The summed E-state index contributed by atoms with van der Waals surface area (Å²) in [5, 5.41) is 24.7. The molecule has 0 heterocycles. The predicted molar refractivity (Wildman–Crippen MR) is 112 cm³/mol. The Morgan fingerprint density at radius 1 is 0.630 bits per heavy atom. The first kappa shape index (κ1) is 28.6. The minimum atomic E-state index is -0.653. The van der Waals surface area contributed by atoms with Crippen LogP contribution in [-0.4, -0.2) is 47.7 Å². The van der Waals surface area contributed by atoms with Crippen LogP contribution in [0.25, 0.3) is 0 Å². The fourth-order valence-electron chi connectivity index (χ4n) is 2.88. The molecule has 27 heavy (non-hydrogen) atoms. The molecule has 0 aromatic heterocycles. The Hall–Kier alpha value is -0.650. The molecule has 0 amide bonds. The Labute approximate surface area is 167 Å². The summed E-state index contributed by atoms with van der Waals surface area (Å²) in [6, 6.07) is 0. The van der Waals surface area contributed by atoms with Crippen LogP contribution >= 0.6 is 0 Å². The molecule has 0 aromatic carbocycles. The summed E-state index contributed by atoms with van der Waals surface area (Å²) in [4.78, 5) is 10.3. The van der Waals surface area contributed by atoms with E-state index in [1.165, 1.54) is 83.5 Å². The third kappa shape index (κ3) is 33.4. The lowest BCUT2D eigenvalue weighted by Crippen LogP contribution is -2.03. The highest BCUT2D eigenvalue weighted by Gasteiger charge is 1.97. The second-order valence-electron chi connectivity index (χ2n) is 7.15. The molecule has 0 atom stereocenters. The molecule has 164 valence electrons. The fourth-order valence-corrected chi connectivity index (χ4v) is 2.88. The van der Waals surface area contributed by atoms with Gasteiger partial charge in [0.15, 0.2) is 0 Å². The summed E-state index contributed by atoms with van der Waals surface area (Å²) in [6.07, 6.45) is 20.2. The zero-order valence-electron chi connectivity index (χ0n) is 17.8. The van der Waals surface area contributed by atoms with Crippen molar-refractivity contribution in [3.05, 3.63) is 0 Å². The average molecular weight is 391 g/mol. The maximum atomic E-state index is 10.3. The van der Waals surface area contributed by atoms with E-state index in [0.717, 1.165) is 12.8 Å². The second-order valence-corrected chi connectivity index (χ2v) is 7.15. The van der Waals surface area contributed by atoms with Crippen LogP contribution in [0.1, 0.15) is 110 Å². The normalized spacial score (nSPS) is 10.5. The van der Waals surface area contributed by atoms with Crippen molar-refractivity contribution in [2.45, 2.75) is 110 Å². The van der Waals surface area contributed by atoms with Gasteiger partial charge < -0.3 is 20.1 Å². The number of aliphatic hydroxyl groups excluding tert-OH is 2. The topological polar surface area (TPSA) is 87.0 Å². The van der Waals surface area contributed by atoms with E-state index in [1.807, 2.05) is 0 Å². The molecule has 0 rings (SSSR count). The Kier molecular flexibility index (Phi) is 29.2. The van der Waals surface area contributed by atoms with E-state index in [9.17, 15) is 4.79 Å². The van der Waals surface area contributed by atoms with Crippen molar-refractivity contribution in [2.24, 2.45) is 0 Å². The summed E-state index contributed by atoms with van der Waals surface area (Å²) < 4.78 is 4.63. The fraction of sp³-hybridized carbons (Fsp3) is 0.955.